The largest absolute Gasteiger partial charge is 0.372 e. The number of ether oxygens (including phenoxy) is 1. The Labute approximate surface area is 85.6 Å². The molecule has 0 radical (unpaired) electrons. The lowest BCUT2D eigenvalue weighted by Crippen LogP contribution is -2.53. The summed E-state index contributed by atoms with van der Waals surface area (Å²) in [6, 6.07) is 0.293. The van der Waals surface area contributed by atoms with E-state index in [0.29, 0.717) is 12.6 Å². The number of nitrogens with one attached hydrogen (secondary N) is 1. The summed E-state index contributed by atoms with van der Waals surface area (Å²) in [4.78, 5) is 13.6. The van der Waals surface area contributed by atoms with E-state index in [9.17, 15) is 4.79 Å². The van der Waals surface area contributed by atoms with Crippen molar-refractivity contribution in [3.63, 3.8) is 0 Å². The summed E-state index contributed by atoms with van der Waals surface area (Å²) in [5.41, 5.74) is 0. The van der Waals surface area contributed by atoms with Crippen molar-refractivity contribution in [1.82, 2.24) is 10.2 Å². The Morgan fingerprint density at radius 1 is 1.64 bits per heavy atom. The smallest absolute Gasteiger partial charge is 0.248 e. The van der Waals surface area contributed by atoms with Gasteiger partial charge in [-0.25, -0.2) is 0 Å². The fourth-order valence-electron chi connectivity index (χ4n) is 1.60. The molecule has 1 saturated heterocycles. The minimum absolute atomic E-state index is 0.118. The molecule has 1 aliphatic rings. The molecule has 0 bridgehead atoms. The molecular formula is C10H20N2O2. The summed E-state index contributed by atoms with van der Waals surface area (Å²) in [5.74, 6) is 0.118. The maximum absolute atomic E-state index is 11.7. The Bertz CT molecular complexity index is 185. The third kappa shape index (κ3) is 3.27. The SMILES string of the molecule is CCCOCC(=O)N1CCNC[C@@H]1C. The van der Waals surface area contributed by atoms with Gasteiger partial charge in [-0.05, 0) is 13.3 Å². The molecule has 0 saturated carbocycles. The van der Waals surface area contributed by atoms with Crippen LogP contribution in [0.4, 0.5) is 0 Å². The van der Waals surface area contributed by atoms with Crippen molar-refractivity contribution < 1.29 is 9.53 Å². The molecule has 0 aromatic heterocycles. The molecule has 1 aliphatic heterocycles. The van der Waals surface area contributed by atoms with Gasteiger partial charge in [-0.1, -0.05) is 6.92 Å². The first-order chi connectivity index (χ1) is 6.75. The van der Waals surface area contributed by atoms with E-state index in [-0.39, 0.29) is 12.5 Å². The van der Waals surface area contributed by atoms with E-state index in [4.69, 9.17) is 4.74 Å². The van der Waals surface area contributed by atoms with Crippen LogP contribution in [0.2, 0.25) is 0 Å². The summed E-state index contributed by atoms with van der Waals surface area (Å²) < 4.78 is 5.23. The quantitative estimate of drug-likeness (QED) is 0.661. The maximum Gasteiger partial charge on any atom is 0.248 e. The van der Waals surface area contributed by atoms with Crippen molar-refractivity contribution in [3.8, 4) is 0 Å². The predicted molar refractivity (Wildman–Crippen MR) is 55.2 cm³/mol. The number of hydrogen-bond acceptors (Lipinski definition) is 3. The minimum atomic E-state index is 0.118. The summed E-state index contributed by atoms with van der Waals surface area (Å²) in [7, 11) is 0. The van der Waals surface area contributed by atoms with E-state index in [1.165, 1.54) is 0 Å². The third-order valence-electron chi connectivity index (χ3n) is 2.40. The molecule has 0 aromatic carbocycles. The van der Waals surface area contributed by atoms with Gasteiger partial charge in [-0.2, -0.15) is 0 Å². The van der Waals surface area contributed by atoms with Gasteiger partial charge in [0.15, 0.2) is 0 Å². The molecular weight excluding hydrogens is 180 g/mol. The molecule has 0 aliphatic carbocycles. The minimum Gasteiger partial charge on any atom is -0.372 e. The van der Waals surface area contributed by atoms with E-state index in [1.807, 2.05) is 11.8 Å². The van der Waals surface area contributed by atoms with Crippen LogP contribution in [0.1, 0.15) is 20.3 Å². The van der Waals surface area contributed by atoms with Gasteiger partial charge in [0.2, 0.25) is 5.91 Å². The first-order valence-electron chi connectivity index (χ1n) is 5.33. The summed E-state index contributed by atoms with van der Waals surface area (Å²) >= 11 is 0. The second-order valence-electron chi connectivity index (χ2n) is 3.69. The molecule has 0 unspecified atom stereocenters. The highest BCUT2D eigenvalue weighted by Gasteiger charge is 2.22. The van der Waals surface area contributed by atoms with Gasteiger partial charge in [0.1, 0.15) is 6.61 Å². The van der Waals surface area contributed by atoms with E-state index in [0.717, 1.165) is 26.1 Å². The first kappa shape index (κ1) is 11.5. The third-order valence-corrected chi connectivity index (χ3v) is 2.40. The summed E-state index contributed by atoms with van der Waals surface area (Å²) in [6.45, 7) is 7.59. The molecule has 1 N–H and O–H groups in total. The second-order valence-corrected chi connectivity index (χ2v) is 3.69. The van der Waals surface area contributed by atoms with Crippen molar-refractivity contribution >= 4 is 5.91 Å². The van der Waals surface area contributed by atoms with Crippen LogP contribution in [0.15, 0.2) is 0 Å². The molecule has 82 valence electrons. The standard InChI is InChI=1S/C10H20N2O2/c1-3-6-14-8-10(13)12-5-4-11-7-9(12)2/h9,11H,3-8H2,1-2H3/t9-/m0/s1. The average molecular weight is 200 g/mol. The van der Waals surface area contributed by atoms with E-state index in [1.54, 1.807) is 0 Å². The fourth-order valence-corrected chi connectivity index (χ4v) is 1.60. The molecule has 1 rings (SSSR count). The zero-order valence-electron chi connectivity index (χ0n) is 9.08. The van der Waals surface area contributed by atoms with Gasteiger partial charge in [0, 0.05) is 32.3 Å². The van der Waals surface area contributed by atoms with Crippen LogP contribution in [-0.2, 0) is 9.53 Å². The molecule has 1 heterocycles. The van der Waals surface area contributed by atoms with Crippen molar-refractivity contribution in [3.05, 3.63) is 0 Å². The Kier molecular flexibility index (Phi) is 4.90. The monoisotopic (exact) mass is 200 g/mol. The highest BCUT2D eigenvalue weighted by Crippen LogP contribution is 2.02. The van der Waals surface area contributed by atoms with Gasteiger partial charge in [0.05, 0.1) is 0 Å². The normalized spacial score (nSPS) is 22.4. The van der Waals surface area contributed by atoms with Gasteiger partial charge < -0.3 is 15.0 Å². The molecule has 4 heteroatoms. The molecule has 1 atom stereocenters. The van der Waals surface area contributed by atoms with Crippen LogP contribution in [0.25, 0.3) is 0 Å². The average Bonchev–Trinajstić information content (AvgIpc) is 2.18. The highest BCUT2D eigenvalue weighted by molar-refractivity contribution is 5.77. The Morgan fingerprint density at radius 3 is 3.07 bits per heavy atom. The number of nitrogens with zero attached hydrogens (tertiary/aromatic N) is 1. The predicted octanol–water partition coefficient (Wildman–Crippen LogP) is 0.233. The fraction of sp³-hybridized carbons (Fsp3) is 0.900. The number of piperazine rings is 1. The van der Waals surface area contributed by atoms with Crippen molar-refractivity contribution in [2.75, 3.05) is 32.8 Å². The number of hydrogen-bond donors (Lipinski definition) is 1. The molecule has 1 fully saturated rings. The zero-order chi connectivity index (χ0) is 10.4. The van der Waals surface area contributed by atoms with Gasteiger partial charge in [-0.3, -0.25) is 4.79 Å². The molecule has 14 heavy (non-hydrogen) atoms. The van der Waals surface area contributed by atoms with Crippen molar-refractivity contribution in [1.29, 1.82) is 0 Å². The highest BCUT2D eigenvalue weighted by atomic mass is 16.5. The molecule has 1 amide bonds. The van der Waals surface area contributed by atoms with Crippen molar-refractivity contribution in [2.45, 2.75) is 26.3 Å². The van der Waals surface area contributed by atoms with Crippen LogP contribution in [-0.4, -0.2) is 49.7 Å². The molecule has 0 aromatic rings. The number of carbonyl (C=O) groups is 1. The van der Waals surface area contributed by atoms with Gasteiger partial charge in [0.25, 0.3) is 0 Å². The summed E-state index contributed by atoms with van der Waals surface area (Å²) in [6.07, 6.45) is 0.963. The Morgan fingerprint density at radius 2 is 2.43 bits per heavy atom. The Hall–Kier alpha value is -0.610. The summed E-state index contributed by atoms with van der Waals surface area (Å²) in [5, 5.41) is 3.25. The van der Waals surface area contributed by atoms with Crippen LogP contribution in [0.5, 0.6) is 0 Å². The van der Waals surface area contributed by atoms with Crippen molar-refractivity contribution in [2.24, 2.45) is 0 Å². The van der Waals surface area contributed by atoms with Gasteiger partial charge in [-0.15, -0.1) is 0 Å². The zero-order valence-corrected chi connectivity index (χ0v) is 9.08. The molecule has 4 nitrogen and oxygen atoms in total. The van der Waals surface area contributed by atoms with E-state index < -0.39 is 0 Å². The Balaban J connectivity index is 2.27. The number of carbonyl (C=O) groups excluding carboxylic acids is 1. The lowest BCUT2D eigenvalue weighted by atomic mass is 10.2. The second kappa shape index (κ2) is 5.98. The van der Waals surface area contributed by atoms with Crippen LogP contribution >= 0.6 is 0 Å². The first-order valence-corrected chi connectivity index (χ1v) is 5.33. The van der Waals surface area contributed by atoms with Gasteiger partial charge >= 0.3 is 0 Å². The maximum atomic E-state index is 11.7. The lowest BCUT2D eigenvalue weighted by molar-refractivity contribution is -0.138. The number of amides is 1. The lowest BCUT2D eigenvalue weighted by Gasteiger charge is -2.33. The van der Waals surface area contributed by atoms with E-state index >= 15 is 0 Å². The topological polar surface area (TPSA) is 41.6 Å². The van der Waals surface area contributed by atoms with Crippen LogP contribution in [0, 0.1) is 0 Å². The van der Waals surface area contributed by atoms with E-state index in [2.05, 4.69) is 12.2 Å². The van der Waals surface area contributed by atoms with Crippen LogP contribution < -0.4 is 5.32 Å². The molecule has 0 spiro atoms. The number of rotatable bonds is 4. The van der Waals surface area contributed by atoms with Crippen LogP contribution in [0.3, 0.4) is 0 Å².